The van der Waals surface area contributed by atoms with Crippen molar-refractivity contribution in [2.45, 2.75) is 11.8 Å². The van der Waals surface area contributed by atoms with Gasteiger partial charge in [-0.3, -0.25) is 5.41 Å². The Hall–Kier alpha value is -2.14. The van der Waals surface area contributed by atoms with Gasteiger partial charge in [-0.25, -0.2) is 0 Å². The van der Waals surface area contributed by atoms with Crippen molar-refractivity contribution in [3.05, 3.63) is 48.0 Å². The lowest BCUT2D eigenvalue weighted by atomic mass is 10.2. The van der Waals surface area contributed by atoms with E-state index in [1.165, 1.54) is 0 Å². The number of para-hydroxylation sites is 2. The van der Waals surface area contributed by atoms with E-state index in [9.17, 15) is 0 Å². The molecule has 0 aliphatic carbocycles. The predicted octanol–water partition coefficient (Wildman–Crippen LogP) is 3.88. The maximum Gasteiger partial charge on any atom is 0.169 e. The average Bonchev–Trinajstić information content (AvgIpc) is 2.48. The fourth-order valence-electron chi connectivity index (χ4n) is 1.96. The molecule has 110 valence electrons. The largest absolute Gasteiger partial charge is 0.493 e. The van der Waals surface area contributed by atoms with Gasteiger partial charge in [0.1, 0.15) is 11.6 Å². The van der Waals surface area contributed by atoms with Crippen LogP contribution in [0.1, 0.15) is 12.5 Å². The number of nitrogen functional groups attached to an aromatic ring is 1. The summed E-state index contributed by atoms with van der Waals surface area (Å²) in [4.78, 5) is 0.942. The summed E-state index contributed by atoms with van der Waals surface area (Å²) in [6.45, 7) is 2.06. The van der Waals surface area contributed by atoms with Gasteiger partial charge in [-0.2, -0.15) is 0 Å². The second-order valence-corrected chi connectivity index (χ2v) is 5.53. The van der Waals surface area contributed by atoms with Crippen molar-refractivity contribution in [2.75, 3.05) is 12.9 Å². The first kappa shape index (κ1) is 15.3. The van der Waals surface area contributed by atoms with Crippen LogP contribution in [0.5, 0.6) is 17.2 Å². The zero-order valence-electron chi connectivity index (χ0n) is 12.1. The molecule has 0 bridgehead atoms. The Balaban J connectivity index is 2.44. The van der Waals surface area contributed by atoms with Crippen LogP contribution in [0.15, 0.2) is 47.4 Å². The van der Waals surface area contributed by atoms with Gasteiger partial charge in [0.2, 0.25) is 0 Å². The number of amidine groups is 1. The van der Waals surface area contributed by atoms with E-state index >= 15 is 0 Å². The summed E-state index contributed by atoms with van der Waals surface area (Å²) >= 11 is 1.63. The summed E-state index contributed by atoms with van der Waals surface area (Å²) in [5, 5.41) is 7.81. The number of ether oxygens (including phenoxy) is 2. The molecule has 2 aromatic carbocycles. The second-order valence-electron chi connectivity index (χ2n) is 4.23. The molecule has 0 aliphatic heterocycles. The molecule has 2 rings (SSSR count). The lowest BCUT2D eigenvalue weighted by Crippen LogP contribution is -2.14. The van der Waals surface area contributed by atoms with Crippen LogP contribution in [0, 0.1) is 5.41 Å². The Kier molecular flexibility index (Phi) is 5.11. The van der Waals surface area contributed by atoms with Gasteiger partial charge in [0, 0.05) is 4.90 Å². The van der Waals surface area contributed by atoms with Crippen molar-refractivity contribution in [2.24, 2.45) is 5.73 Å². The molecule has 0 radical (unpaired) electrons. The first-order chi connectivity index (χ1) is 10.2. The fraction of sp³-hybridized carbons (Fsp3) is 0.188. The van der Waals surface area contributed by atoms with Gasteiger partial charge in [0.25, 0.3) is 0 Å². The SMILES string of the molecule is CCSc1cccc(Oc2ccccc2OC)c1C(=N)N. The number of nitrogens with one attached hydrogen (secondary N) is 1. The Morgan fingerprint density at radius 1 is 1.10 bits per heavy atom. The summed E-state index contributed by atoms with van der Waals surface area (Å²) in [5.74, 6) is 2.70. The van der Waals surface area contributed by atoms with Crippen molar-refractivity contribution in [3.63, 3.8) is 0 Å². The van der Waals surface area contributed by atoms with E-state index in [2.05, 4.69) is 6.92 Å². The van der Waals surface area contributed by atoms with Crippen LogP contribution in [-0.2, 0) is 0 Å². The molecule has 0 spiro atoms. The molecule has 4 nitrogen and oxygen atoms in total. The van der Waals surface area contributed by atoms with Gasteiger partial charge in [0.05, 0.1) is 12.7 Å². The molecule has 0 atom stereocenters. The van der Waals surface area contributed by atoms with Gasteiger partial charge in [0.15, 0.2) is 11.5 Å². The van der Waals surface area contributed by atoms with Crippen LogP contribution in [0.25, 0.3) is 0 Å². The number of methoxy groups -OCH3 is 1. The zero-order chi connectivity index (χ0) is 15.2. The molecule has 21 heavy (non-hydrogen) atoms. The van der Waals surface area contributed by atoms with E-state index in [1.807, 2.05) is 42.5 Å². The lowest BCUT2D eigenvalue weighted by molar-refractivity contribution is 0.378. The van der Waals surface area contributed by atoms with E-state index < -0.39 is 0 Å². The smallest absolute Gasteiger partial charge is 0.169 e. The second kappa shape index (κ2) is 7.04. The molecular weight excluding hydrogens is 284 g/mol. The molecule has 0 amide bonds. The maximum absolute atomic E-state index is 7.81. The van der Waals surface area contributed by atoms with Crippen molar-refractivity contribution in [1.29, 1.82) is 5.41 Å². The Morgan fingerprint density at radius 2 is 1.76 bits per heavy atom. The van der Waals surface area contributed by atoms with Gasteiger partial charge >= 0.3 is 0 Å². The monoisotopic (exact) mass is 302 g/mol. The third-order valence-electron chi connectivity index (χ3n) is 2.85. The van der Waals surface area contributed by atoms with E-state index in [0.29, 0.717) is 22.8 Å². The lowest BCUT2D eigenvalue weighted by Gasteiger charge is -2.15. The standard InChI is InChI=1S/C16H18N2O2S/c1-3-21-14-10-6-9-13(15(14)16(17)18)20-12-8-5-4-7-11(12)19-2/h4-10H,3H2,1-2H3,(H3,17,18). The van der Waals surface area contributed by atoms with E-state index in [4.69, 9.17) is 20.6 Å². The van der Waals surface area contributed by atoms with E-state index in [-0.39, 0.29) is 5.84 Å². The van der Waals surface area contributed by atoms with Gasteiger partial charge < -0.3 is 15.2 Å². The maximum atomic E-state index is 7.81. The van der Waals surface area contributed by atoms with Crippen LogP contribution >= 0.6 is 11.8 Å². The summed E-state index contributed by atoms with van der Waals surface area (Å²) in [5.41, 5.74) is 6.35. The first-order valence-electron chi connectivity index (χ1n) is 6.58. The van der Waals surface area contributed by atoms with Gasteiger partial charge in [-0.15, -0.1) is 11.8 Å². The van der Waals surface area contributed by atoms with Gasteiger partial charge in [-0.05, 0) is 30.0 Å². The minimum absolute atomic E-state index is 0.00329. The normalized spacial score (nSPS) is 10.2. The molecule has 3 N–H and O–H groups in total. The van der Waals surface area contributed by atoms with Crippen molar-refractivity contribution < 1.29 is 9.47 Å². The van der Waals surface area contributed by atoms with Crippen molar-refractivity contribution in [1.82, 2.24) is 0 Å². The molecule has 2 aromatic rings. The highest BCUT2D eigenvalue weighted by Gasteiger charge is 2.14. The molecule has 0 aromatic heterocycles. The molecule has 0 saturated heterocycles. The van der Waals surface area contributed by atoms with E-state index in [1.54, 1.807) is 18.9 Å². The number of rotatable bonds is 6. The first-order valence-corrected chi connectivity index (χ1v) is 7.57. The topological polar surface area (TPSA) is 68.3 Å². The summed E-state index contributed by atoms with van der Waals surface area (Å²) in [7, 11) is 1.59. The zero-order valence-corrected chi connectivity index (χ0v) is 12.9. The summed E-state index contributed by atoms with van der Waals surface area (Å²) in [6.07, 6.45) is 0. The Bertz CT molecular complexity index is 644. The Morgan fingerprint density at radius 3 is 2.38 bits per heavy atom. The van der Waals surface area contributed by atoms with Crippen LogP contribution in [0.2, 0.25) is 0 Å². The molecule has 0 saturated carbocycles. The molecule has 0 aliphatic rings. The summed E-state index contributed by atoms with van der Waals surface area (Å²) < 4.78 is 11.2. The third-order valence-corrected chi connectivity index (χ3v) is 3.79. The highest BCUT2D eigenvalue weighted by molar-refractivity contribution is 7.99. The molecule has 0 heterocycles. The Labute approximate surface area is 128 Å². The minimum Gasteiger partial charge on any atom is -0.493 e. The summed E-state index contributed by atoms with van der Waals surface area (Å²) in [6, 6.07) is 13.0. The van der Waals surface area contributed by atoms with Crippen LogP contribution in [0.4, 0.5) is 0 Å². The van der Waals surface area contributed by atoms with Crippen LogP contribution < -0.4 is 15.2 Å². The molecular formula is C16H18N2O2S. The predicted molar refractivity (Wildman–Crippen MR) is 86.9 cm³/mol. The quantitative estimate of drug-likeness (QED) is 0.482. The molecule has 5 heteroatoms. The van der Waals surface area contributed by atoms with Crippen LogP contribution in [0.3, 0.4) is 0 Å². The van der Waals surface area contributed by atoms with E-state index in [0.717, 1.165) is 10.6 Å². The number of hydrogen-bond donors (Lipinski definition) is 2. The number of nitrogens with two attached hydrogens (primary N) is 1. The average molecular weight is 302 g/mol. The fourth-order valence-corrected chi connectivity index (χ4v) is 2.80. The number of hydrogen-bond acceptors (Lipinski definition) is 4. The van der Waals surface area contributed by atoms with Crippen molar-refractivity contribution in [3.8, 4) is 17.2 Å². The third kappa shape index (κ3) is 3.49. The molecule has 0 fully saturated rings. The number of thioether (sulfide) groups is 1. The van der Waals surface area contributed by atoms with Crippen molar-refractivity contribution >= 4 is 17.6 Å². The highest BCUT2D eigenvalue weighted by atomic mass is 32.2. The number of benzene rings is 2. The highest BCUT2D eigenvalue weighted by Crippen LogP contribution is 2.36. The van der Waals surface area contributed by atoms with Gasteiger partial charge in [-0.1, -0.05) is 25.1 Å². The molecule has 0 unspecified atom stereocenters. The van der Waals surface area contributed by atoms with Crippen LogP contribution in [-0.4, -0.2) is 18.7 Å². The minimum atomic E-state index is -0.00329.